The van der Waals surface area contributed by atoms with Gasteiger partial charge >= 0.3 is 0 Å². The predicted molar refractivity (Wildman–Crippen MR) is 106 cm³/mol. The summed E-state index contributed by atoms with van der Waals surface area (Å²) in [7, 11) is 0. The van der Waals surface area contributed by atoms with Gasteiger partial charge in [0.15, 0.2) is 5.65 Å². The first-order valence-electron chi connectivity index (χ1n) is 9.56. The Kier molecular flexibility index (Phi) is 5.36. The molecule has 4 rings (SSSR count). The van der Waals surface area contributed by atoms with E-state index >= 15 is 0 Å². The summed E-state index contributed by atoms with van der Waals surface area (Å²) in [5, 5.41) is 7.50. The molecule has 146 valence electrons. The number of aryl methyl sites for hydroxylation is 1. The van der Waals surface area contributed by atoms with Crippen LogP contribution in [0.2, 0.25) is 0 Å². The van der Waals surface area contributed by atoms with E-state index in [9.17, 15) is 4.79 Å². The lowest BCUT2D eigenvalue weighted by Gasteiger charge is -2.34. The third-order valence-corrected chi connectivity index (χ3v) is 4.95. The minimum atomic E-state index is -0.133. The molecule has 0 radical (unpaired) electrons. The highest BCUT2D eigenvalue weighted by Crippen LogP contribution is 2.27. The number of rotatable bonds is 5. The molecule has 0 saturated carbocycles. The fourth-order valence-corrected chi connectivity index (χ4v) is 3.65. The van der Waals surface area contributed by atoms with Crippen LogP contribution >= 0.6 is 0 Å². The van der Waals surface area contributed by atoms with E-state index in [0.717, 1.165) is 42.2 Å². The second-order valence-electron chi connectivity index (χ2n) is 7.21. The van der Waals surface area contributed by atoms with Gasteiger partial charge in [0.05, 0.1) is 18.0 Å². The van der Waals surface area contributed by atoms with Crippen LogP contribution in [0.25, 0.3) is 5.65 Å². The van der Waals surface area contributed by atoms with Crippen LogP contribution in [0.5, 0.6) is 0 Å². The maximum Gasteiger partial charge on any atom is 0.217 e. The Morgan fingerprint density at radius 1 is 1.32 bits per heavy atom. The molecule has 28 heavy (non-hydrogen) atoms. The molecular weight excluding hydrogens is 354 g/mol. The Labute approximate surface area is 164 Å². The number of morpholine rings is 1. The minimum Gasteiger partial charge on any atom is -0.369 e. The smallest absolute Gasteiger partial charge is 0.217 e. The summed E-state index contributed by atoms with van der Waals surface area (Å²) in [6.07, 6.45) is 1.69. The highest BCUT2D eigenvalue weighted by Gasteiger charge is 2.27. The average molecular weight is 379 g/mol. The summed E-state index contributed by atoms with van der Waals surface area (Å²) in [5.41, 5.74) is 4.88. The number of nitrogens with one attached hydrogen (secondary N) is 1. The molecule has 0 bridgehead atoms. The van der Waals surface area contributed by atoms with E-state index in [1.165, 1.54) is 12.5 Å². The van der Waals surface area contributed by atoms with E-state index in [2.05, 4.69) is 44.6 Å². The number of carbonyl (C=O) groups excluding carboxylic acids is 1. The number of nitrogens with zero attached hydrogens (tertiary/aromatic N) is 4. The monoisotopic (exact) mass is 379 g/mol. The van der Waals surface area contributed by atoms with Gasteiger partial charge in [0.25, 0.3) is 0 Å². The second kappa shape index (κ2) is 8.08. The Hall–Kier alpha value is -2.77. The molecule has 1 saturated heterocycles. The summed E-state index contributed by atoms with van der Waals surface area (Å²) in [6, 6.07) is 12.4. The van der Waals surface area contributed by atoms with Crippen molar-refractivity contribution in [3.63, 3.8) is 0 Å². The van der Waals surface area contributed by atoms with Crippen molar-refractivity contribution < 1.29 is 9.53 Å². The van der Waals surface area contributed by atoms with Gasteiger partial charge in [-0.25, -0.2) is 9.50 Å². The Bertz CT molecular complexity index is 970. The van der Waals surface area contributed by atoms with Crippen molar-refractivity contribution in [3.05, 3.63) is 65.1 Å². The van der Waals surface area contributed by atoms with Gasteiger partial charge in [-0.15, -0.1) is 0 Å². The molecule has 1 aliphatic rings. The van der Waals surface area contributed by atoms with Crippen molar-refractivity contribution in [2.24, 2.45) is 0 Å². The van der Waals surface area contributed by atoms with Gasteiger partial charge in [0, 0.05) is 50.9 Å². The van der Waals surface area contributed by atoms with Gasteiger partial charge in [-0.3, -0.25) is 9.69 Å². The number of fused-ring (bicyclic) bond motifs is 1. The van der Waals surface area contributed by atoms with Crippen LogP contribution in [0.15, 0.2) is 42.6 Å². The summed E-state index contributed by atoms with van der Waals surface area (Å²) in [6.45, 7) is 7.07. The first-order chi connectivity index (χ1) is 13.6. The molecule has 0 spiro atoms. The molecule has 7 heteroatoms. The Balaban J connectivity index is 1.64. The summed E-state index contributed by atoms with van der Waals surface area (Å²) in [4.78, 5) is 18.3. The Morgan fingerprint density at radius 2 is 2.14 bits per heavy atom. The maximum atomic E-state index is 11.4. The minimum absolute atomic E-state index is 0.0713. The molecule has 3 heterocycles. The number of hydrogen-bond donors (Lipinski definition) is 1. The van der Waals surface area contributed by atoms with Crippen LogP contribution in [-0.2, 0) is 22.6 Å². The van der Waals surface area contributed by atoms with E-state index < -0.39 is 0 Å². The number of hydrogen-bond acceptors (Lipinski definition) is 5. The largest absolute Gasteiger partial charge is 0.369 e. The molecular formula is C21H25N5O2. The number of amides is 1. The van der Waals surface area contributed by atoms with Crippen LogP contribution in [0.1, 0.15) is 35.5 Å². The molecule has 2 aromatic heterocycles. The molecule has 1 fully saturated rings. The van der Waals surface area contributed by atoms with E-state index in [1.807, 2.05) is 29.8 Å². The number of ether oxygens (including phenoxy) is 1. The van der Waals surface area contributed by atoms with Crippen LogP contribution in [0.3, 0.4) is 0 Å². The quantitative estimate of drug-likeness (QED) is 0.736. The van der Waals surface area contributed by atoms with Crippen molar-refractivity contribution in [1.29, 1.82) is 0 Å². The number of benzene rings is 1. The fraction of sp³-hybridized carbons (Fsp3) is 0.381. The number of aromatic nitrogens is 3. The van der Waals surface area contributed by atoms with E-state index in [1.54, 1.807) is 0 Å². The molecule has 1 aromatic carbocycles. The zero-order valence-corrected chi connectivity index (χ0v) is 16.3. The zero-order chi connectivity index (χ0) is 19.5. The molecule has 1 atom stereocenters. The zero-order valence-electron chi connectivity index (χ0n) is 16.3. The Morgan fingerprint density at radius 3 is 2.93 bits per heavy atom. The second-order valence-corrected chi connectivity index (χ2v) is 7.21. The normalized spacial score (nSPS) is 17.7. The van der Waals surface area contributed by atoms with Gasteiger partial charge in [-0.05, 0) is 12.5 Å². The molecule has 1 N–H and O–H groups in total. The maximum absolute atomic E-state index is 11.4. The highest BCUT2D eigenvalue weighted by molar-refractivity contribution is 5.72. The van der Waals surface area contributed by atoms with Crippen LogP contribution < -0.4 is 5.32 Å². The molecule has 0 aliphatic carbocycles. The highest BCUT2D eigenvalue weighted by atomic mass is 16.5. The van der Waals surface area contributed by atoms with Gasteiger partial charge < -0.3 is 10.1 Å². The average Bonchev–Trinajstić information content (AvgIpc) is 3.07. The van der Waals surface area contributed by atoms with E-state index in [4.69, 9.17) is 4.74 Å². The van der Waals surface area contributed by atoms with E-state index in [0.29, 0.717) is 13.2 Å². The third kappa shape index (κ3) is 4.05. The predicted octanol–water partition coefficient (Wildman–Crippen LogP) is 2.25. The van der Waals surface area contributed by atoms with Crippen LogP contribution in [-0.4, -0.2) is 45.1 Å². The number of carbonyl (C=O) groups is 1. The fourth-order valence-electron chi connectivity index (χ4n) is 3.65. The van der Waals surface area contributed by atoms with Crippen molar-refractivity contribution in [3.8, 4) is 0 Å². The standard InChI is InChI=1S/C21H25N5O2/c1-15-10-20-23-12-18(11-22-16(2)27)21(26(20)24-15)19-14-25(8-9-28-19)13-17-6-4-3-5-7-17/h3-7,10,12,19H,8-9,11,13-14H2,1-2H3,(H,22,27). The van der Waals surface area contributed by atoms with E-state index in [-0.39, 0.29) is 12.0 Å². The molecule has 1 aliphatic heterocycles. The molecule has 1 amide bonds. The first-order valence-corrected chi connectivity index (χ1v) is 9.56. The van der Waals surface area contributed by atoms with Gasteiger partial charge in [0.2, 0.25) is 5.91 Å². The van der Waals surface area contributed by atoms with Crippen molar-refractivity contribution >= 4 is 11.6 Å². The lowest BCUT2D eigenvalue weighted by Crippen LogP contribution is -2.39. The summed E-state index contributed by atoms with van der Waals surface area (Å²) >= 11 is 0. The summed E-state index contributed by atoms with van der Waals surface area (Å²) in [5.74, 6) is -0.0713. The van der Waals surface area contributed by atoms with Gasteiger partial charge in [-0.1, -0.05) is 30.3 Å². The van der Waals surface area contributed by atoms with Crippen molar-refractivity contribution in [1.82, 2.24) is 24.8 Å². The summed E-state index contributed by atoms with van der Waals surface area (Å²) < 4.78 is 8.02. The third-order valence-electron chi connectivity index (χ3n) is 4.95. The first kappa shape index (κ1) is 18.6. The molecule has 7 nitrogen and oxygen atoms in total. The molecule has 3 aromatic rings. The lowest BCUT2D eigenvalue weighted by atomic mass is 10.1. The van der Waals surface area contributed by atoms with Crippen molar-refractivity contribution in [2.45, 2.75) is 33.0 Å². The SMILES string of the molecule is CC(=O)NCc1cnc2cc(C)nn2c1C1CN(Cc2ccccc2)CCO1. The molecule has 1 unspecified atom stereocenters. The van der Waals surface area contributed by atoms with Crippen LogP contribution in [0, 0.1) is 6.92 Å². The van der Waals surface area contributed by atoms with Gasteiger partial charge in [0.1, 0.15) is 6.10 Å². The van der Waals surface area contributed by atoms with Gasteiger partial charge in [-0.2, -0.15) is 5.10 Å². The van der Waals surface area contributed by atoms with Crippen molar-refractivity contribution in [2.75, 3.05) is 19.7 Å². The van der Waals surface area contributed by atoms with Crippen LogP contribution in [0.4, 0.5) is 0 Å². The topological polar surface area (TPSA) is 71.8 Å². The lowest BCUT2D eigenvalue weighted by molar-refractivity contribution is -0.119.